The van der Waals surface area contributed by atoms with E-state index in [1.54, 1.807) is 6.07 Å². The average Bonchev–Trinajstić information content (AvgIpc) is 2.58. The van der Waals surface area contributed by atoms with E-state index < -0.39 is 19.7 Å². The van der Waals surface area contributed by atoms with Crippen LogP contribution in [0, 0.1) is 0 Å². The fraction of sp³-hybridized carbons (Fsp3) is 0.0526. The van der Waals surface area contributed by atoms with Crippen molar-refractivity contribution >= 4 is 45.8 Å². The third kappa shape index (κ3) is 3.76. The topological polar surface area (TPSA) is 0 Å². The Morgan fingerprint density at radius 3 is 1.67 bits per heavy atom. The third-order valence-electron chi connectivity index (χ3n) is 3.81. The summed E-state index contributed by atoms with van der Waals surface area (Å²) in [5, 5.41) is 2.83. The monoisotopic (exact) mass is 336 g/mol. The molecule has 0 aliphatic heterocycles. The van der Waals surface area contributed by atoms with Gasteiger partial charge in [-0.15, -0.1) is 0 Å². The summed E-state index contributed by atoms with van der Waals surface area (Å²) in [5.74, 6) is 0. The van der Waals surface area contributed by atoms with Crippen molar-refractivity contribution in [2.24, 2.45) is 0 Å². The van der Waals surface area contributed by atoms with Gasteiger partial charge in [-0.25, -0.2) is 0 Å². The summed E-state index contributed by atoms with van der Waals surface area (Å²) in [6, 6.07) is 23.5. The van der Waals surface area contributed by atoms with E-state index in [4.69, 9.17) is 0 Å². The number of halogens is 3. The van der Waals surface area contributed by atoms with Crippen molar-refractivity contribution in [3.05, 3.63) is 84.4 Å². The molecular weight excluding hydrogens is 323 g/mol. The van der Waals surface area contributed by atoms with Gasteiger partial charge in [-0.2, -0.15) is 0 Å². The van der Waals surface area contributed by atoms with Crippen LogP contribution in [0.5, 0.6) is 0 Å². The van der Waals surface area contributed by atoms with E-state index in [1.807, 2.05) is 78.4 Å². The summed E-state index contributed by atoms with van der Waals surface area (Å²) < 4.78 is 40.4. The van der Waals surface area contributed by atoms with E-state index in [0.29, 0.717) is 0 Å². The molecule has 0 aliphatic rings. The van der Waals surface area contributed by atoms with E-state index in [-0.39, 0.29) is 0 Å². The van der Waals surface area contributed by atoms with Gasteiger partial charge in [0.2, 0.25) is 0 Å². The molecule has 24 heavy (non-hydrogen) atoms. The van der Waals surface area contributed by atoms with Crippen LogP contribution in [0.4, 0.5) is 13.2 Å². The average molecular weight is 336 g/mol. The van der Waals surface area contributed by atoms with Gasteiger partial charge in [0.1, 0.15) is 0 Å². The Kier molecular flexibility index (Phi) is 5.16. The molecule has 0 heterocycles. The number of rotatable bonds is 3. The Labute approximate surface area is 149 Å². The first-order chi connectivity index (χ1) is 11.5. The van der Waals surface area contributed by atoms with Gasteiger partial charge in [-0.05, 0) is 0 Å². The number of hydrogen-bond acceptors (Lipinski definition) is 0. The van der Waals surface area contributed by atoms with E-state index in [2.05, 4.69) is 0 Å². The van der Waals surface area contributed by atoms with Crippen LogP contribution in [-0.2, 0) is 6.18 Å². The normalized spacial score (nSPS) is 11.8. The van der Waals surface area contributed by atoms with Gasteiger partial charge in [0, 0.05) is 0 Å². The number of alkyl halides is 3. The Morgan fingerprint density at radius 1 is 0.708 bits per heavy atom. The standard InChI is InChI=1S/C19H13F3P.Li/c20-19(21,22)15-8-7-13-18(14-15)23(16-9-3-1-4-10-16)17-11-5-2-6-12-17;/h1-12,14H;. The van der Waals surface area contributed by atoms with Gasteiger partial charge in [-0.3, -0.25) is 0 Å². The van der Waals surface area contributed by atoms with Gasteiger partial charge in [-0.1, -0.05) is 0 Å². The van der Waals surface area contributed by atoms with Gasteiger partial charge in [0.25, 0.3) is 0 Å². The third-order valence-corrected chi connectivity index (χ3v) is 6.40. The molecule has 0 unspecified atom stereocenters. The second-order valence-electron chi connectivity index (χ2n) is 5.51. The zero-order valence-corrected chi connectivity index (χ0v) is 14.0. The zero-order chi connectivity index (χ0) is 17.2. The number of benzene rings is 3. The molecule has 116 valence electrons. The molecule has 0 amide bonds. The van der Waals surface area contributed by atoms with Crippen LogP contribution in [-0.4, -0.2) is 17.7 Å². The SMILES string of the molecule is [Li][c]1ccc(C(F)(F)F)cc1P(c1ccccc1)c1ccccc1. The van der Waals surface area contributed by atoms with Crippen LogP contribution in [0.2, 0.25) is 0 Å². The van der Waals surface area contributed by atoms with E-state index in [0.717, 1.165) is 26.2 Å². The first-order valence-electron chi connectivity index (χ1n) is 7.55. The van der Waals surface area contributed by atoms with Crippen molar-refractivity contribution in [3.63, 3.8) is 0 Å². The first kappa shape index (κ1) is 17.3. The molecule has 0 aromatic heterocycles. The van der Waals surface area contributed by atoms with Gasteiger partial charge < -0.3 is 0 Å². The first-order valence-corrected chi connectivity index (χ1v) is 8.89. The summed E-state index contributed by atoms with van der Waals surface area (Å²) >= 11 is 1.87. The molecule has 0 saturated heterocycles. The van der Waals surface area contributed by atoms with Crippen molar-refractivity contribution in [2.75, 3.05) is 0 Å². The second kappa shape index (κ2) is 7.16. The summed E-state index contributed by atoms with van der Waals surface area (Å²) in [7, 11) is -1.03. The predicted octanol–water partition coefficient (Wildman–Crippen LogP) is 3.26. The molecule has 0 bridgehead atoms. The van der Waals surface area contributed by atoms with Crippen LogP contribution < -0.4 is 20.2 Å². The molecule has 0 radical (unpaired) electrons. The Hall–Kier alpha value is -1.52. The molecular formula is C19H13F3LiP. The van der Waals surface area contributed by atoms with Crippen molar-refractivity contribution in [1.29, 1.82) is 0 Å². The van der Waals surface area contributed by atoms with Crippen molar-refractivity contribution in [1.82, 2.24) is 0 Å². The van der Waals surface area contributed by atoms with Crippen molar-refractivity contribution < 1.29 is 13.2 Å². The summed E-state index contributed by atoms with van der Waals surface area (Å²) in [6.07, 6.45) is -4.34. The van der Waals surface area contributed by atoms with Gasteiger partial charge in [0.15, 0.2) is 0 Å². The maximum absolute atomic E-state index is 13.2. The van der Waals surface area contributed by atoms with Crippen LogP contribution >= 0.6 is 7.92 Å². The summed E-state index contributed by atoms with van der Waals surface area (Å²) in [6.45, 7) is 0. The van der Waals surface area contributed by atoms with E-state index in [9.17, 15) is 13.2 Å². The molecule has 5 heteroatoms. The molecule has 0 N–H and O–H groups in total. The molecule has 0 fully saturated rings. The fourth-order valence-corrected chi connectivity index (χ4v) is 5.10. The molecule has 3 rings (SSSR count). The van der Waals surface area contributed by atoms with Gasteiger partial charge in [0.05, 0.1) is 0 Å². The van der Waals surface area contributed by atoms with Crippen molar-refractivity contribution in [3.8, 4) is 0 Å². The minimum atomic E-state index is -4.34. The Balaban J connectivity index is 2.20. The minimum absolute atomic E-state index is 0.595. The molecule has 3 aromatic carbocycles. The molecule has 0 atom stereocenters. The van der Waals surface area contributed by atoms with Crippen LogP contribution in [0.1, 0.15) is 5.56 Å². The Morgan fingerprint density at radius 2 is 1.21 bits per heavy atom. The molecule has 0 spiro atoms. The molecule has 0 saturated carbocycles. The molecule has 0 nitrogen and oxygen atoms in total. The fourth-order valence-electron chi connectivity index (χ4n) is 2.61. The summed E-state index contributed by atoms with van der Waals surface area (Å²) in [5.41, 5.74) is -0.595. The van der Waals surface area contributed by atoms with Crippen LogP contribution in [0.15, 0.2) is 78.9 Å². The maximum atomic E-state index is 13.2. The van der Waals surface area contributed by atoms with E-state index >= 15 is 0 Å². The molecule has 0 aliphatic carbocycles. The summed E-state index contributed by atoms with van der Waals surface area (Å²) in [4.78, 5) is 0. The quantitative estimate of drug-likeness (QED) is 0.509. The van der Waals surface area contributed by atoms with E-state index in [1.165, 1.54) is 6.07 Å². The Bertz CT molecular complexity index is 778. The predicted molar refractivity (Wildman–Crippen MR) is 95.5 cm³/mol. The second-order valence-corrected chi connectivity index (χ2v) is 7.69. The van der Waals surface area contributed by atoms with Gasteiger partial charge >= 0.3 is 150 Å². The zero-order valence-electron chi connectivity index (χ0n) is 13.1. The number of hydrogen-bond donors (Lipinski definition) is 0. The van der Waals surface area contributed by atoms with Crippen LogP contribution in [0.3, 0.4) is 0 Å². The van der Waals surface area contributed by atoms with Crippen LogP contribution in [0.25, 0.3) is 0 Å². The van der Waals surface area contributed by atoms with Crippen molar-refractivity contribution in [2.45, 2.75) is 6.18 Å². The molecule has 3 aromatic rings.